The van der Waals surface area contributed by atoms with Crippen LogP contribution in [0.5, 0.6) is 0 Å². The molecule has 6 nitrogen and oxygen atoms in total. The van der Waals surface area contributed by atoms with Crippen LogP contribution in [0, 0.1) is 22.9 Å². The Balaban J connectivity index is 3.17. The summed E-state index contributed by atoms with van der Waals surface area (Å²) in [6.45, 7) is 1.56. The number of hydrazone groups is 1. The lowest BCUT2D eigenvalue weighted by atomic mass is 10.1. The Hall–Kier alpha value is -2.09. The smallest absolute Gasteiger partial charge is 0.281 e. The van der Waals surface area contributed by atoms with Crippen LogP contribution in [0.1, 0.15) is 11.1 Å². The fraction of sp³-hybridized carbons (Fsp3) is 0.111. The van der Waals surface area contributed by atoms with Crippen molar-refractivity contribution in [2.24, 2.45) is 10.8 Å². The van der Waals surface area contributed by atoms with Crippen molar-refractivity contribution in [1.82, 2.24) is 5.43 Å². The van der Waals surface area contributed by atoms with Crippen LogP contribution >= 0.6 is 12.2 Å². The molecule has 0 amide bonds. The van der Waals surface area contributed by atoms with Crippen LogP contribution in [-0.4, -0.2) is 16.3 Å². The second kappa shape index (κ2) is 5.30. The van der Waals surface area contributed by atoms with Gasteiger partial charge in [0.15, 0.2) is 5.11 Å². The van der Waals surface area contributed by atoms with E-state index in [1.807, 2.05) is 0 Å². The van der Waals surface area contributed by atoms with E-state index in [1.54, 1.807) is 6.92 Å². The predicted octanol–water partition coefficient (Wildman–Crippen LogP) is 1.21. The van der Waals surface area contributed by atoms with E-state index in [0.717, 1.165) is 6.21 Å². The topological polar surface area (TPSA) is 93.5 Å². The Kier molecular flexibility index (Phi) is 4.05. The Labute approximate surface area is 101 Å². The molecule has 0 unspecified atom stereocenters. The summed E-state index contributed by atoms with van der Waals surface area (Å²) in [5.41, 5.74) is 7.14. The Bertz CT molecular complexity index is 504. The average Bonchev–Trinajstić information content (AvgIpc) is 2.19. The maximum Gasteiger partial charge on any atom is 0.281 e. The zero-order valence-corrected chi connectivity index (χ0v) is 9.62. The van der Waals surface area contributed by atoms with E-state index in [4.69, 9.17) is 5.73 Å². The number of nitro groups is 1. The molecule has 1 aromatic carbocycles. The average molecular weight is 256 g/mol. The zero-order valence-electron chi connectivity index (χ0n) is 8.81. The Morgan fingerprint density at radius 2 is 2.35 bits per heavy atom. The van der Waals surface area contributed by atoms with E-state index in [2.05, 4.69) is 22.7 Å². The molecule has 0 saturated carbocycles. The van der Waals surface area contributed by atoms with Crippen LogP contribution in [0.4, 0.5) is 10.1 Å². The second-order valence-electron chi connectivity index (χ2n) is 3.17. The van der Waals surface area contributed by atoms with Crippen molar-refractivity contribution < 1.29 is 9.31 Å². The summed E-state index contributed by atoms with van der Waals surface area (Å²) < 4.78 is 13.5. The minimum atomic E-state index is -0.731. The number of hydrogen-bond donors (Lipinski definition) is 2. The normalized spacial score (nSPS) is 10.5. The standard InChI is InChI=1S/C9H9FN4O2S/c1-5-2-7(10)6(4-12-13-9(11)17)8(3-5)14(15)16/h2-4H,1H3,(H3,11,13,17). The highest BCUT2D eigenvalue weighted by atomic mass is 32.1. The lowest BCUT2D eigenvalue weighted by molar-refractivity contribution is -0.385. The SMILES string of the molecule is Cc1cc(F)c(C=NNC(N)=S)c([N+](=O)[O-])c1. The minimum absolute atomic E-state index is 0.114. The molecule has 0 aliphatic heterocycles. The summed E-state index contributed by atoms with van der Waals surface area (Å²) in [5.74, 6) is -0.731. The molecule has 0 heterocycles. The first kappa shape index (κ1) is 13.0. The molecule has 1 aromatic rings. The van der Waals surface area contributed by atoms with E-state index < -0.39 is 10.7 Å². The van der Waals surface area contributed by atoms with Gasteiger partial charge in [0.25, 0.3) is 5.69 Å². The third kappa shape index (κ3) is 3.45. The molecule has 0 fully saturated rings. The van der Waals surface area contributed by atoms with Gasteiger partial charge in [0.1, 0.15) is 11.4 Å². The molecule has 17 heavy (non-hydrogen) atoms. The maximum absolute atomic E-state index is 13.5. The van der Waals surface area contributed by atoms with Crippen LogP contribution in [-0.2, 0) is 0 Å². The van der Waals surface area contributed by atoms with Crippen LogP contribution in [0.2, 0.25) is 0 Å². The van der Waals surface area contributed by atoms with Crippen LogP contribution in [0.25, 0.3) is 0 Å². The van der Waals surface area contributed by atoms with E-state index in [9.17, 15) is 14.5 Å². The summed E-state index contributed by atoms with van der Waals surface area (Å²) in [5, 5.41) is 14.1. The molecule has 0 atom stereocenters. The molecule has 3 N–H and O–H groups in total. The summed E-state index contributed by atoms with van der Waals surface area (Å²) in [7, 11) is 0. The van der Waals surface area contributed by atoms with Gasteiger partial charge in [-0.2, -0.15) is 5.10 Å². The number of nitro benzene ring substituents is 1. The van der Waals surface area contributed by atoms with Gasteiger partial charge >= 0.3 is 0 Å². The van der Waals surface area contributed by atoms with Gasteiger partial charge in [-0.15, -0.1) is 0 Å². The summed E-state index contributed by atoms with van der Waals surface area (Å²) in [6, 6.07) is 2.43. The van der Waals surface area contributed by atoms with E-state index in [-0.39, 0.29) is 16.4 Å². The first-order chi connectivity index (χ1) is 7.91. The number of nitrogens with two attached hydrogens (primary N) is 1. The molecule has 0 radical (unpaired) electrons. The summed E-state index contributed by atoms with van der Waals surface area (Å²) in [6.07, 6.45) is 0.964. The van der Waals surface area contributed by atoms with Crippen molar-refractivity contribution in [3.63, 3.8) is 0 Å². The maximum atomic E-state index is 13.5. The van der Waals surface area contributed by atoms with E-state index in [0.29, 0.717) is 5.56 Å². The molecule has 8 heteroatoms. The number of nitrogens with one attached hydrogen (secondary N) is 1. The number of rotatable bonds is 3. The van der Waals surface area contributed by atoms with Gasteiger partial charge in [-0.25, -0.2) is 4.39 Å². The number of nitrogens with zero attached hydrogens (tertiary/aromatic N) is 2. The fourth-order valence-electron chi connectivity index (χ4n) is 1.17. The van der Waals surface area contributed by atoms with Gasteiger partial charge in [0, 0.05) is 6.07 Å². The Morgan fingerprint density at radius 1 is 1.71 bits per heavy atom. The molecule has 0 aliphatic rings. The highest BCUT2D eigenvalue weighted by Gasteiger charge is 2.17. The van der Waals surface area contributed by atoms with Crippen molar-refractivity contribution in [1.29, 1.82) is 0 Å². The fourth-order valence-corrected chi connectivity index (χ4v) is 1.23. The van der Waals surface area contributed by atoms with E-state index in [1.165, 1.54) is 12.1 Å². The molecule has 0 spiro atoms. The van der Waals surface area contributed by atoms with Crippen LogP contribution in [0.15, 0.2) is 17.2 Å². The largest absolute Gasteiger partial charge is 0.375 e. The van der Waals surface area contributed by atoms with Gasteiger partial charge in [0.05, 0.1) is 11.1 Å². The van der Waals surface area contributed by atoms with Crippen molar-refractivity contribution >= 4 is 29.2 Å². The molecule has 0 aromatic heterocycles. The second-order valence-corrected chi connectivity index (χ2v) is 3.61. The van der Waals surface area contributed by atoms with E-state index >= 15 is 0 Å². The van der Waals surface area contributed by atoms with Gasteiger partial charge in [0.2, 0.25) is 0 Å². The lowest BCUT2D eigenvalue weighted by Crippen LogP contribution is -2.24. The quantitative estimate of drug-likeness (QED) is 0.367. The van der Waals surface area contributed by atoms with Gasteiger partial charge in [-0.1, -0.05) is 0 Å². The third-order valence-electron chi connectivity index (χ3n) is 1.82. The lowest BCUT2D eigenvalue weighted by Gasteiger charge is -2.01. The summed E-state index contributed by atoms with van der Waals surface area (Å²) >= 11 is 4.47. The van der Waals surface area contributed by atoms with Gasteiger partial charge in [-0.3, -0.25) is 15.5 Å². The molecule has 0 bridgehead atoms. The first-order valence-corrected chi connectivity index (χ1v) is 4.85. The molecule has 0 saturated heterocycles. The highest BCUT2D eigenvalue weighted by molar-refractivity contribution is 7.80. The predicted molar refractivity (Wildman–Crippen MR) is 65.3 cm³/mol. The zero-order chi connectivity index (χ0) is 13.0. The number of benzene rings is 1. The first-order valence-electron chi connectivity index (χ1n) is 4.45. The van der Waals surface area contributed by atoms with Crippen LogP contribution in [0.3, 0.4) is 0 Å². The molecule has 1 rings (SSSR count). The molecular weight excluding hydrogens is 247 g/mol. The third-order valence-corrected chi connectivity index (χ3v) is 1.91. The summed E-state index contributed by atoms with van der Waals surface area (Å²) in [4.78, 5) is 10.0. The molecular formula is C9H9FN4O2S. The van der Waals surface area contributed by atoms with Crippen LogP contribution < -0.4 is 11.2 Å². The van der Waals surface area contributed by atoms with Gasteiger partial charge in [-0.05, 0) is 30.8 Å². The molecule has 0 aliphatic carbocycles. The molecule has 90 valence electrons. The van der Waals surface area contributed by atoms with Crippen molar-refractivity contribution in [2.75, 3.05) is 0 Å². The Morgan fingerprint density at radius 3 is 2.88 bits per heavy atom. The van der Waals surface area contributed by atoms with Crippen molar-refractivity contribution in [3.05, 3.63) is 39.2 Å². The number of hydrogen-bond acceptors (Lipinski definition) is 4. The minimum Gasteiger partial charge on any atom is -0.375 e. The highest BCUT2D eigenvalue weighted by Crippen LogP contribution is 2.21. The monoisotopic (exact) mass is 256 g/mol. The number of aryl methyl sites for hydroxylation is 1. The van der Waals surface area contributed by atoms with Crippen molar-refractivity contribution in [2.45, 2.75) is 6.92 Å². The number of halogens is 1. The van der Waals surface area contributed by atoms with Crippen molar-refractivity contribution in [3.8, 4) is 0 Å². The van der Waals surface area contributed by atoms with Gasteiger partial charge < -0.3 is 5.73 Å². The number of thiocarbonyl (C=S) groups is 1.